The van der Waals surface area contributed by atoms with Crippen LogP contribution in [0.1, 0.15) is 21.6 Å². The monoisotopic (exact) mass is 381 g/mol. The van der Waals surface area contributed by atoms with Crippen molar-refractivity contribution in [2.45, 2.75) is 17.9 Å². The molecule has 0 atom stereocenters. The van der Waals surface area contributed by atoms with Crippen LogP contribution in [-0.4, -0.2) is 24.4 Å². The third-order valence-electron chi connectivity index (χ3n) is 2.09. The molecule has 1 aromatic rings. The number of alkyl halides is 7. The van der Waals surface area contributed by atoms with Crippen molar-refractivity contribution in [2.75, 3.05) is 7.11 Å². The first kappa shape index (κ1) is 17.5. The first-order chi connectivity index (χ1) is 9.49. The second-order valence-corrected chi connectivity index (χ2v) is 4.08. The van der Waals surface area contributed by atoms with Gasteiger partial charge in [0, 0.05) is 10.9 Å². The highest BCUT2D eigenvalue weighted by molar-refractivity contribution is 9.08. The molecule has 0 amide bonds. The molecule has 0 aliphatic carbocycles. The van der Waals surface area contributed by atoms with Gasteiger partial charge in [0.25, 0.3) is 0 Å². The van der Waals surface area contributed by atoms with Gasteiger partial charge < -0.3 is 9.47 Å². The predicted octanol–water partition coefficient (Wildman–Crippen LogP) is 3.68. The lowest BCUT2D eigenvalue weighted by Crippen LogP contribution is -2.22. The zero-order chi connectivity index (χ0) is 16.4. The molecule has 0 saturated carbocycles. The van der Waals surface area contributed by atoms with Gasteiger partial charge in [0.2, 0.25) is 5.88 Å². The van der Waals surface area contributed by atoms with Crippen LogP contribution in [0, 0.1) is 0 Å². The first-order valence-corrected chi connectivity index (χ1v) is 6.13. The van der Waals surface area contributed by atoms with Gasteiger partial charge >= 0.3 is 18.5 Å². The summed E-state index contributed by atoms with van der Waals surface area (Å²) in [6.07, 6.45) is -10.4. The standard InChI is InChI=1S/C10H6BrF6NO3/c1-20-8(19)5-2-4(3-11)7(21-10(15,16)17)18-6(5)9(12,13)14/h2H,3H2,1H3. The fourth-order valence-electron chi connectivity index (χ4n) is 1.31. The largest absolute Gasteiger partial charge is 0.574 e. The molecule has 0 bridgehead atoms. The van der Waals surface area contributed by atoms with Crippen molar-refractivity contribution in [1.29, 1.82) is 0 Å². The molecule has 1 rings (SSSR count). The summed E-state index contributed by atoms with van der Waals surface area (Å²) in [4.78, 5) is 14.1. The maximum atomic E-state index is 12.8. The first-order valence-electron chi connectivity index (χ1n) is 5.00. The number of rotatable bonds is 3. The van der Waals surface area contributed by atoms with Gasteiger partial charge in [0.15, 0.2) is 5.69 Å². The van der Waals surface area contributed by atoms with E-state index in [1.165, 1.54) is 0 Å². The Balaban J connectivity index is 3.52. The van der Waals surface area contributed by atoms with Crippen LogP contribution in [0.4, 0.5) is 26.3 Å². The molecule has 0 aliphatic rings. The Labute approximate surface area is 122 Å². The van der Waals surface area contributed by atoms with Crippen molar-refractivity contribution >= 4 is 21.9 Å². The number of hydrogen-bond acceptors (Lipinski definition) is 4. The lowest BCUT2D eigenvalue weighted by atomic mass is 10.1. The third-order valence-corrected chi connectivity index (χ3v) is 2.70. The van der Waals surface area contributed by atoms with E-state index < -0.39 is 35.6 Å². The van der Waals surface area contributed by atoms with Crippen molar-refractivity contribution in [2.24, 2.45) is 0 Å². The van der Waals surface area contributed by atoms with Crippen molar-refractivity contribution in [3.63, 3.8) is 0 Å². The molecule has 0 spiro atoms. The highest BCUT2D eigenvalue weighted by Crippen LogP contribution is 2.35. The number of halogens is 7. The van der Waals surface area contributed by atoms with Crippen LogP contribution in [0.3, 0.4) is 0 Å². The molecule has 0 aliphatic heterocycles. The number of methoxy groups -OCH3 is 1. The average molecular weight is 382 g/mol. The number of hydrogen-bond donors (Lipinski definition) is 0. The van der Waals surface area contributed by atoms with E-state index >= 15 is 0 Å². The van der Waals surface area contributed by atoms with Crippen molar-refractivity contribution in [3.8, 4) is 5.88 Å². The molecule has 0 aromatic carbocycles. The van der Waals surface area contributed by atoms with E-state index in [9.17, 15) is 31.1 Å². The van der Waals surface area contributed by atoms with Gasteiger partial charge in [0.05, 0.1) is 12.7 Å². The van der Waals surface area contributed by atoms with E-state index in [1.807, 2.05) is 0 Å². The lowest BCUT2D eigenvalue weighted by Gasteiger charge is -2.16. The highest BCUT2D eigenvalue weighted by atomic mass is 79.9. The van der Waals surface area contributed by atoms with E-state index in [2.05, 4.69) is 30.4 Å². The Morgan fingerprint density at radius 1 is 1.29 bits per heavy atom. The summed E-state index contributed by atoms with van der Waals surface area (Å²) in [6.45, 7) is 0. The highest BCUT2D eigenvalue weighted by Gasteiger charge is 2.41. The number of esters is 1. The quantitative estimate of drug-likeness (QED) is 0.455. The van der Waals surface area contributed by atoms with E-state index in [1.54, 1.807) is 0 Å². The molecular weight excluding hydrogens is 376 g/mol. The third kappa shape index (κ3) is 4.48. The van der Waals surface area contributed by atoms with Gasteiger partial charge in [-0.15, -0.1) is 13.2 Å². The van der Waals surface area contributed by atoms with Crippen LogP contribution < -0.4 is 4.74 Å². The van der Waals surface area contributed by atoms with Crippen LogP contribution in [0.15, 0.2) is 6.07 Å². The number of aromatic nitrogens is 1. The minimum atomic E-state index is -5.22. The zero-order valence-corrected chi connectivity index (χ0v) is 11.7. The Bertz CT molecular complexity index is 543. The summed E-state index contributed by atoms with van der Waals surface area (Å²) in [7, 11) is 0.830. The van der Waals surface area contributed by atoms with Crippen molar-refractivity contribution in [3.05, 3.63) is 22.9 Å². The second-order valence-electron chi connectivity index (χ2n) is 3.52. The molecule has 0 N–H and O–H groups in total. The zero-order valence-electron chi connectivity index (χ0n) is 10.1. The number of ether oxygens (including phenoxy) is 2. The van der Waals surface area contributed by atoms with Crippen LogP contribution in [0.2, 0.25) is 0 Å². The Hall–Kier alpha value is -1.52. The molecular formula is C10H6BrF6NO3. The van der Waals surface area contributed by atoms with Gasteiger partial charge in [-0.25, -0.2) is 9.78 Å². The smallest absolute Gasteiger partial charge is 0.465 e. The van der Waals surface area contributed by atoms with Crippen molar-refractivity contribution < 1.29 is 40.6 Å². The van der Waals surface area contributed by atoms with Gasteiger partial charge in [-0.2, -0.15) is 13.2 Å². The van der Waals surface area contributed by atoms with Crippen LogP contribution >= 0.6 is 15.9 Å². The number of nitrogens with zero attached hydrogens (tertiary/aromatic N) is 1. The van der Waals surface area contributed by atoms with Crippen LogP contribution in [0.5, 0.6) is 5.88 Å². The van der Waals surface area contributed by atoms with Gasteiger partial charge in [0.1, 0.15) is 0 Å². The molecule has 4 nitrogen and oxygen atoms in total. The molecule has 0 saturated heterocycles. The summed E-state index contributed by atoms with van der Waals surface area (Å²) >= 11 is 2.78. The molecule has 1 aromatic heterocycles. The summed E-state index contributed by atoms with van der Waals surface area (Å²) in [5.41, 5.74) is -3.21. The molecule has 0 unspecified atom stereocenters. The van der Waals surface area contributed by atoms with Crippen LogP contribution in [-0.2, 0) is 16.2 Å². The Kier molecular flexibility index (Phi) is 5.07. The molecule has 0 radical (unpaired) electrons. The average Bonchev–Trinajstić information content (AvgIpc) is 2.34. The van der Waals surface area contributed by atoms with Gasteiger partial charge in [-0.3, -0.25) is 0 Å². The molecule has 0 fully saturated rings. The van der Waals surface area contributed by atoms with E-state index in [-0.39, 0.29) is 10.9 Å². The second kappa shape index (κ2) is 6.08. The van der Waals surface area contributed by atoms with Crippen LogP contribution in [0.25, 0.3) is 0 Å². The fourth-order valence-corrected chi connectivity index (χ4v) is 1.71. The summed E-state index contributed by atoms with van der Waals surface area (Å²) in [5.74, 6) is -2.67. The van der Waals surface area contributed by atoms with E-state index in [4.69, 9.17) is 0 Å². The summed E-state index contributed by atoms with van der Waals surface area (Å²) in [5, 5.41) is -0.312. The SMILES string of the molecule is COC(=O)c1cc(CBr)c(OC(F)(F)F)nc1C(F)(F)F. The molecule has 1 heterocycles. The topological polar surface area (TPSA) is 48.4 Å². The molecule has 118 valence electrons. The summed E-state index contributed by atoms with van der Waals surface area (Å²) in [6, 6.07) is 0.581. The fraction of sp³-hybridized carbons (Fsp3) is 0.400. The predicted molar refractivity (Wildman–Crippen MR) is 59.9 cm³/mol. The summed E-state index contributed by atoms with van der Waals surface area (Å²) < 4.78 is 82.4. The van der Waals surface area contributed by atoms with Gasteiger partial charge in [-0.1, -0.05) is 15.9 Å². The van der Waals surface area contributed by atoms with E-state index in [0.717, 1.165) is 7.11 Å². The minimum absolute atomic E-state index is 0.312. The molecule has 21 heavy (non-hydrogen) atoms. The normalized spacial score (nSPS) is 12.2. The Morgan fingerprint density at radius 3 is 2.24 bits per heavy atom. The maximum absolute atomic E-state index is 12.8. The number of pyridine rings is 1. The van der Waals surface area contributed by atoms with E-state index in [0.29, 0.717) is 6.07 Å². The Morgan fingerprint density at radius 2 is 1.86 bits per heavy atom. The lowest BCUT2D eigenvalue weighted by molar-refractivity contribution is -0.276. The van der Waals surface area contributed by atoms with Gasteiger partial charge in [-0.05, 0) is 6.07 Å². The number of carbonyl (C=O) groups is 1. The molecule has 11 heteroatoms. The maximum Gasteiger partial charge on any atom is 0.574 e. The van der Waals surface area contributed by atoms with Crippen molar-refractivity contribution in [1.82, 2.24) is 4.98 Å². The number of carbonyl (C=O) groups excluding carboxylic acids is 1. The minimum Gasteiger partial charge on any atom is -0.465 e.